The molecule has 2 aromatic rings. The molecule has 0 spiro atoms. The number of fused-ring (bicyclic) bond motifs is 2. The van der Waals surface area contributed by atoms with Crippen LogP contribution >= 0.6 is 12.4 Å². The van der Waals surface area contributed by atoms with E-state index < -0.39 is 0 Å². The highest BCUT2D eigenvalue weighted by atomic mass is 35.5. The molecular weight excluding hydrogens is 336 g/mol. The highest BCUT2D eigenvalue weighted by Gasteiger charge is 2.49. The number of rotatable bonds is 4. The van der Waals surface area contributed by atoms with E-state index in [9.17, 15) is 4.79 Å². The third-order valence-corrected chi connectivity index (χ3v) is 5.72. The van der Waals surface area contributed by atoms with Crippen LogP contribution in [0.25, 0.3) is 5.69 Å². The van der Waals surface area contributed by atoms with Crippen molar-refractivity contribution >= 4 is 18.3 Å². The van der Waals surface area contributed by atoms with Crippen LogP contribution in [0.1, 0.15) is 24.8 Å². The number of benzene rings is 1. The van der Waals surface area contributed by atoms with Gasteiger partial charge >= 0.3 is 0 Å². The first kappa shape index (κ1) is 18.0. The Kier molecular flexibility index (Phi) is 5.16. The predicted molar refractivity (Wildman–Crippen MR) is 99.6 cm³/mol. The van der Waals surface area contributed by atoms with Crippen molar-refractivity contribution in [3.05, 3.63) is 48.3 Å². The lowest BCUT2D eigenvalue weighted by Crippen LogP contribution is -2.45. The molecule has 2 fully saturated rings. The van der Waals surface area contributed by atoms with Gasteiger partial charge in [0, 0.05) is 31.4 Å². The zero-order valence-electron chi connectivity index (χ0n) is 14.4. The molecule has 134 valence electrons. The molecule has 1 aromatic heterocycles. The second kappa shape index (κ2) is 7.18. The number of carbonyl (C=O) groups is 1. The summed E-state index contributed by atoms with van der Waals surface area (Å²) in [5.74, 6) is 1.25. The van der Waals surface area contributed by atoms with Crippen molar-refractivity contribution in [2.24, 2.45) is 23.5 Å². The zero-order valence-corrected chi connectivity index (χ0v) is 15.2. The number of halogens is 1. The normalized spacial score (nSPS) is 27.1. The van der Waals surface area contributed by atoms with Gasteiger partial charge in [0.05, 0.1) is 17.8 Å². The average Bonchev–Trinajstić information content (AvgIpc) is 3.31. The topological polar surface area (TPSA) is 64.2 Å². The Morgan fingerprint density at radius 3 is 2.68 bits per heavy atom. The number of para-hydroxylation sites is 1. The number of hydrogen-bond donors (Lipinski definition) is 1. The fourth-order valence-corrected chi connectivity index (χ4v) is 4.47. The predicted octanol–water partition coefficient (Wildman–Crippen LogP) is 2.63. The van der Waals surface area contributed by atoms with E-state index in [4.69, 9.17) is 5.73 Å². The van der Waals surface area contributed by atoms with Crippen LogP contribution in [0.5, 0.6) is 0 Å². The Balaban J connectivity index is 0.00000182. The summed E-state index contributed by atoms with van der Waals surface area (Å²) in [7, 11) is 1.88. The van der Waals surface area contributed by atoms with Crippen LogP contribution < -0.4 is 5.73 Å². The van der Waals surface area contributed by atoms with Gasteiger partial charge in [-0.25, -0.2) is 4.68 Å². The molecule has 4 atom stereocenters. The van der Waals surface area contributed by atoms with Crippen molar-refractivity contribution in [3.63, 3.8) is 0 Å². The van der Waals surface area contributed by atoms with Gasteiger partial charge in [0.2, 0.25) is 5.91 Å². The van der Waals surface area contributed by atoms with Crippen molar-refractivity contribution in [2.75, 3.05) is 7.05 Å². The summed E-state index contributed by atoms with van der Waals surface area (Å²) in [6.07, 6.45) is 7.31. The van der Waals surface area contributed by atoms with E-state index in [1.807, 2.05) is 59.4 Å². The molecule has 2 saturated carbocycles. The summed E-state index contributed by atoms with van der Waals surface area (Å²) in [4.78, 5) is 14.7. The Morgan fingerprint density at radius 1 is 1.28 bits per heavy atom. The minimum absolute atomic E-state index is 0. The minimum Gasteiger partial charge on any atom is -0.341 e. The maximum Gasteiger partial charge on any atom is 0.227 e. The molecule has 2 bridgehead atoms. The SMILES string of the molecule is CN(Cc1cnn(-c2ccccc2)c1)C(=O)C1C2CCC(C2)C1N.Cl. The number of hydrogen-bond acceptors (Lipinski definition) is 3. The quantitative estimate of drug-likeness (QED) is 0.911. The summed E-state index contributed by atoms with van der Waals surface area (Å²) in [6.45, 7) is 0.576. The second-order valence-corrected chi connectivity index (χ2v) is 7.26. The molecular formula is C19H25ClN4O. The molecule has 1 aromatic carbocycles. The highest BCUT2D eigenvalue weighted by Crippen LogP contribution is 2.48. The Bertz CT molecular complexity index is 730. The molecule has 2 N–H and O–H groups in total. The van der Waals surface area contributed by atoms with Gasteiger partial charge in [-0.15, -0.1) is 12.4 Å². The lowest BCUT2D eigenvalue weighted by molar-refractivity contribution is -0.137. The molecule has 2 aliphatic carbocycles. The van der Waals surface area contributed by atoms with Gasteiger partial charge in [0.25, 0.3) is 0 Å². The van der Waals surface area contributed by atoms with Crippen molar-refractivity contribution in [1.82, 2.24) is 14.7 Å². The number of carbonyl (C=O) groups excluding carboxylic acids is 1. The van der Waals surface area contributed by atoms with Gasteiger partial charge in [-0.05, 0) is 43.2 Å². The summed E-state index contributed by atoms with van der Waals surface area (Å²) in [5, 5.41) is 4.40. The van der Waals surface area contributed by atoms with Gasteiger partial charge in [0.15, 0.2) is 0 Å². The molecule has 4 rings (SSSR count). The number of amides is 1. The van der Waals surface area contributed by atoms with Crippen LogP contribution in [0.4, 0.5) is 0 Å². The molecule has 5 nitrogen and oxygen atoms in total. The van der Waals surface area contributed by atoms with E-state index >= 15 is 0 Å². The molecule has 4 unspecified atom stereocenters. The molecule has 1 amide bonds. The Labute approximate surface area is 154 Å². The Hall–Kier alpha value is -1.85. The van der Waals surface area contributed by atoms with Gasteiger partial charge in [0.1, 0.15) is 0 Å². The molecule has 6 heteroatoms. The fraction of sp³-hybridized carbons (Fsp3) is 0.474. The molecule has 2 aliphatic rings. The van der Waals surface area contributed by atoms with Crippen LogP contribution in [0, 0.1) is 17.8 Å². The summed E-state index contributed by atoms with van der Waals surface area (Å²) in [6, 6.07) is 10.0. The van der Waals surface area contributed by atoms with Crippen LogP contribution in [0.2, 0.25) is 0 Å². The van der Waals surface area contributed by atoms with Crippen molar-refractivity contribution in [3.8, 4) is 5.69 Å². The first-order valence-corrected chi connectivity index (χ1v) is 8.73. The lowest BCUT2D eigenvalue weighted by atomic mass is 9.84. The van der Waals surface area contributed by atoms with Crippen molar-refractivity contribution < 1.29 is 4.79 Å². The molecule has 0 radical (unpaired) electrons. The lowest BCUT2D eigenvalue weighted by Gasteiger charge is -2.30. The third-order valence-electron chi connectivity index (χ3n) is 5.72. The van der Waals surface area contributed by atoms with Crippen molar-refractivity contribution in [2.45, 2.75) is 31.8 Å². The smallest absolute Gasteiger partial charge is 0.227 e. The van der Waals surface area contributed by atoms with Crippen LogP contribution in [0.15, 0.2) is 42.7 Å². The summed E-state index contributed by atoms with van der Waals surface area (Å²) < 4.78 is 1.84. The van der Waals surface area contributed by atoms with Crippen molar-refractivity contribution in [1.29, 1.82) is 0 Å². The standard InChI is InChI=1S/C19H24N4O.ClH/c1-22(19(24)17-14-7-8-15(9-14)18(17)20)11-13-10-21-23(12-13)16-5-3-2-4-6-16;/h2-6,10,12,14-15,17-18H,7-9,11,20H2,1H3;1H. The fourth-order valence-electron chi connectivity index (χ4n) is 4.47. The minimum atomic E-state index is 0. The van der Waals surface area contributed by atoms with E-state index in [0.717, 1.165) is 24.1 Å². The Morgan fingerprint density at radius 2 is 2.00 bits per heavy atom. The van der Waals surface area contributed by atoms with E-state index in [1.54, 1.807) is 0 Å². The molecule has 0 aliphatic heterocycles. The molecule has 1 heterocycles. The van der Waals surface area contributed by atoms with Gasteiger partial charge in [-0.2, -0.15) is 5.10 Å². The average molecular weight is 361 g/mol. The highest BCUT2D eigenvalue weighted by molar-refractivity contribution is 5.85. The maximum absolute atomic E-state index is 12.8. The van der Waals surface area contributed by atoms with E-state index in [1.165, 1.54) is 6.42 Å². The van der Waals surface area contributed by atoms with E-state index in [-0.39, 0.29) is 30.3 Å². The van der Waals surface area contributed by atoms with Crippen LogP contribution in [-0.4, -0.2) is 33.7 Å². The van der Waals surface area contributed by atoms with Crippen LogP contribution in [0.3, 0.4) is 0 Å². The van der Waals surface area contributed by atoms with E-state index in [0.29, 0.717) is 18.4 Å². The van der Waals surface area contributed by atoms with Gasteiger partial charge in [-0.3, -0.25) is 4.79 Å². The number of nitrogens with zero attached hydrogens (tertiary/aromatic N) is 3. The van der Waals surface area contributed by atoms with Gasteiger partial charge in [-0.1, -0.05) is 18.2 Å². The number of nitrogens with two attached hydrogens (primary N) is 1. The van der Waals surface area contributed by atoms with Gasteiger partial charge < -0.3 is 10.6 Å². The second-order valence-electron chi connectivity index (χ2n) is 7.26. The monoisotopic (exact) mass is 360 g/mol. The number of aromatic nitrogens is 2. The summed E-state index contributed by atoms with van der Waals surface area (Å²) >= 11 is 0. The third kappa shape index (κ3) is 3.31. The first-order chi connectivity index (χ1) is 11.6. The molecule has 25 heavy (non-hydrogen) atoms. The zero-order chi connectivity index (χ0) is 16.7. The molecule has 0 saturated heterocycles. The van der Waals surface area contributed by atoms with Crippen LogP contribution in [-0.2, 0) is 11.3 Å². The van der Waals surface area contributed by atoms with E-state index in [2.05, 4.69) is 5.10 Å². The summed E-state index contributed by atoms with van der Waals surface area (Å²) in [5.41, 5.74) is 8.37. The largest absolute Gasteiger partial charge is 0.341 e. The maximum atomic E-state index is 12.8. The first-order valence-electron chi connectivity index (χ1n) is 8.73.